The predicted octanol–water partition coefficient (Wildman–Crippen LogP) is 3.64. The summed E-state index contributed by atoms with van der Waals surface area (Å²) in [5.74, 6) is -1.04. The molecule has 3 atom stereocenters. The Hall–Kier alpha value is -3.14. The third-order valence-corrected chi connectivity index (χ3v) is 6.54. The molecule has 1 saturated heterocycles. The number of aromatic nitrogens is 1. The Balaban J connectivity index is 1.87. The molecule has 0 radical (unpaired) electrons. The molecule has 1 aromatic carbocycles. The number of carbonyl (C=O) groups is 2. The maximum Gasteiger partial charge on any atom is 0.305 e. The molecule has 1 fully saturated rings. The molecular formula is C27H31FN2O6. The van der Waals surface area contributed by atoms with Gasteiger partial charge in [-0.05, 0) is 35.6 Å². The van der Waals surface area contributed by atoms with Gasteiger partial charge in [-0.2, -0.15) is 0 Å². The molecule has 0 aliphatic carbocycles. The van der Waals surface area contributed by atoms with E-state index in [1.165, 1.54) is 18.2 Å². The first-order chi connectivity index (χ1) is 17.2. The van der Waals surface area contributed by atoms with Crippen LogP contribution in [0.15, 0.2) is 30.3 Å². The standard InChI is InChI=1S/C27H31FN2O6/c1-15(2)26-21(9-8-19(31)11-20(32)12-24(34)35)25(16-3-5-17(28)6-4-16)22-14-36-13-18-7-10-23(33)30(18)27(22)29-26/h3-6,8-9,15,18-20,31-32H,7,10-14H2,1-2H3,(H,34,35)/t18-,19-,20-/m1/s1. The number of carbonyl (C=O) groups excluding carboxylic acids is 1. The summed E-state index contributed by atoms with van der Waals surface area (Å²) < 4.78 is 19.8. The number of amides is 1. The number of hydrogen-bond acceptors (Lipinski definition) is 6. The second-order valence-electron chi connectivity index (χ2n) is 9.63. The smallest absolute Gasteiger partial charge is 0.305 e. The van der Waals surface area contributed by atoms with Crippen molar-refractivity contribution in [2.24, 2.45) is 0 Å². The van der Waals surface area contributed by atoms with E-state index in [2.05, 4.69) is 0 Å². The van der Waals surface area contributed by atoms with Crippen LogP contribution in [0.4, 0.5) is 10.2 Å². The van der Waals surface area contributed by atoms with Crippen molar-refractivity contribution in [1.29, 1.82) is 0 Å². The van der Waals surface area contributed by atoms with Crippen LogP contribution in [-0.2, 0) is 20.9 Å². The molecule has 0 spiro atoms. The van der Waals surface area contributed by atoms with Crippen LogP contribution in [0.2, 0.25) is 0 Å². The van der Waals surface area contributed by atoms with Gasteiger partial charge in [0.1, 0.15) is 11.6 Å². The van der Waals surface area contributed by atoms with Crippen LogP contribution < -0.4 is 4.90 Å². The SMILES string of the molecule is CC(C)c1nc2c(c(-c3ccc(F)cc3)c1C=C[C@@H](O)C[C@@H](O)CC(=O)O)COC[C@H]1CCC(=O)N21. The number of ether oxygens (including phenoxy) is 1. The average Bonchev–Trinajstić information content (AvgIpc) is 3.06. The fourth-order valence-corrected chi connectivity index (χ4v) is 4.87. The molecule has 0 saturated carbocycles. The van der Waals surface area contributed by atoms with Gasteiger partial charge >= 0.3 is 5.97 Å². The first-order valence-electron chi connectivity index (χ1n) is 12.1. The molecule has 8 nitrogen and oxygen atoms in total. The topological polar surface area (TPSA) is 120 Å². The van der Waals surface area contributed by atoms with E-state index in [1.54, 1.807) is 23.1 Å². The summed E-state index contributed by atoms with van der Waals surface area (Å²) in [5.41, 5.74) is 3.55. The van der Waals surface area contributed by atoms with Gasteiger partial charge in [0.25, 0.3) is 0 Å². The van der Waals surface area contributed by atoms with Crippen molar-refractivity contribution >= 4 is 23.8 Å². The van der Waals surface area contributed by atoms with Crippen molar-refractivity contribution in [3.05, 3.63) is 53.0 Å². The van der Waals surface area contributed by atoms with Crippen LogP contribution in [0.3, 0.4) is 0 Å². The highest BCUT2D eigenvalue weighted by Gasteiger charge is 2.38. The van der Waals surface area contributed by atoms with Crippen molar-refractivity contribution < 1.29 is 34.0 Å². The highest BCUT2D eigenvalue weighted by atomic mass is 19.1. The minimum atomic E-state index is -1.19. The van der Waals surface area contributed by atoms with Crippen LogP contribution in [0.25, 0.3) is 17.2 Å². The molecule has 3 heterocycles. The number of anilines is 1. The summed E-state index contributed by atoms with van der Waals surface area (Å²) in [7, 11) is 0. The number of nitrogens with zero attached hydrogens (tertiary/aromatic N) is 2. The number of pyridine rings is 1. The number of carboxylic acid groups (broad SMARTS) is 1. The summed E-state index contributed by atoms with van der Waals surface area (Å²) in [5, 5.41) is 29.3. The second-order valence-corrected chi connectivity index (χ2v) is 9.63. The lowest BCUT2D eigenvalue weighted by molar-refractivity contribution is -0.139. The summed E-state index contributed by atoms with van der Waals surface area (Å²) >= 11 is 0. The normalized spacial score (nSPS) is 19.3. The molecule has 36 heavy (non-hydrogen) atoms. The largest absolute Gasteiger partial charge is 0.481 e. The van der Waals surface area contributed by atoms with E-state index in [4.69, 9.17) is 14.8 Å². The van der Waals surface area contributed by atoms with Gasteiger partial charge in [0.05, 0.1) is 43.6 Å². The number of aliphatic hydroxyl groups excluding tert-OH is 2. The maximum absolute atomic E-state index is 13.8. The number of fused-ring (bicyclic) bond motifs is 3. The number of aliphatic hydroxyl groups is 2. The number of rotatable bonds is 8. The molecule has 1 aromatic heterocycles. The molecule has 2 aliphatic rings. The third kappa shape index (κ3) is 5.48. The second kappa shape index (κ2) is 10.9. The molecular weight excluding hydrogens is 467 g/mol. The van der Waals surface area contributed by atoms with Gasteiger partial charge in [-0.3, -0.25) is 14.5 Å². The van der Waals surface area contributed by atoms with Crippen LogP contribution in [0.1, 0.15) is 62.3 Å². The first kappa shape index (κ1) is 25.9. The monoisotopic (exact) mass is 498 g/mol. The van der Waals surface area contributed by atoms with Gasteiger partial charge in [-0.25, -0.2) is 9.37 Å². The number of halogens is 1. The highest BCUT2D eigenvalue weighted by molar-refractivity contribution is 5.98. The van der Waals surface area contributed by atoms with Crippen molar-refractivity contribution in [2.45, 2.75) is 70.3 Å². The molecule has 4 rings (SSSR count). The zero-order chi connectivity index (χ0) is 26.0. The minimum absolute atomic E-state index is 0.00913. The van der Waals surface area contributed by atoms with Crippen LogP contribution in [0, 0.1) is 5.82 Å². The fraction of sp³-hybridized carbons (Fsp3) is 0.444. The zero-order valence-electron chi connectivity index (χ0n) is 20.4. The molecule has 3 N–H and O–H groups in total. The first-order valence-corrected chi connectivity index (χ1v) is 12.1. The molecule has 9 heteroatoms. The Morgan fingerprint density at radius 2 is 2.00 bits per heavy atom. The molecule has 192 valence electrons. The van der Waals surface area contributed by atoms with E-state index in [9.17, 15) is 24.2 Å². The molecule has 0 unspecified atom stereocenters. The van der Waals surface area contributed by atoms with Crippen LogP contribution >= 0.6 is 0 Å². The molecule has 2 aromatic rings. The summed E-state index contributed by atoms with van der Waals surface area (Å²) in [6.07, 6.45) is 1.41. The van der Waals surface area contributed by atoms with Gasteiger partial charge < -0.3 is 20.1 Å². The van der Waals surface area contributed by atoms with E-state index in [1.807, 2.05) is 13.8 Å². The number of aliphatic carboxylic acids is 1. The van der Waals surface area contributed by atoms with Crippen LogP contribution in [0.5, 0.6) is 0 Å². The third-order valence-electron chi connectivity index (χ3n) is 6.54. The Labute approximate surface area is 209 Å². The summed E-state index contributed by atoms with van der Waals surface area (Å²) in [6, 6.07) is 5.96. The van der Waals surface area contributed by atoms with Gasteiger partial charge in [-0.15, -0.1) is 0 Å². The van der Waals surface area contributed by atoms with Crippen molar-refractivity contribution in [2.75, 3.05) is 11.5 Å². The van der Waals surface area contributed by atoms with Crippen LogP contribution in [-0.4, -0.2) is 57.0 Å². The van der Waals surface area contributed by atoms with E-state index >= 15 is 0 Å². The quantitative estimate of drug-likeness (QED) is 0.508. The Bertz CT molecular complexity index is 1160. The number of benzene rings is 1. The number of carboxylic acids is 1. The highest BCUT2D eigenvalue weighted by Crippen LogP contribution is 2.42. The molecule has 0 bridgehead atoms. The van der Waals surface area contributed by atoms with Gasteiger partial charge in [0.15, 0.2) is 0 Å². The lowest BCUT2D eigenvalue weighted by Gasteiger charge is -2.26. The number of hydrogen-bond donors (Lipinski definition) is 3. The molecule has 2 aliphatic heterocycles. The van der Waals surface area contributed by atoms with Crippen molar-refractivity contribution in [3.8, 4) is 11.1 Å². The lowest BCUT2D eigenvalue weighted by atomic mass is 9.89. The van der Waals surface area contributed by atoms with Crippen molar-refractivity contribution in [3.63, 3.8) is 0 Å². The van der Waals surface area contributed by atoms with Gasteiger partial charge in [0, 0.05) is 24.0 Å². The van der Waals surface area contributed by atoms with Gasteiger partial charge in [0.2, 0.25) is 5.91 Å². The zero-order valence-corrected chi connectivity index (χ0v) is 20.4. The van der Waals surface area contributed by atoms with E-state index < -0.39 is 24.6 Å². The Morgan fingerprint density at radius 1 is 1.28 bits per heavy atom. The van der Waals surface area contributed by atoms with E-state index in [-0.39, 0.29) is 36.7 Å². The maximum atomic E-state index is 13.8. The Kier molecular flexibility index (Phi) is 7.82. The fourth-order valence-electron chi connectivity index (χ4n) is 4.87. The van der Waals surface area contributed by atoms with E-state index in [0.29, 0.717) is 47.7 Å². The summed E-state index contributed by atoms with van der Waals surface area (Å²) in [4.78, 5) is 30.4. The average molecular weight is 499 g/mol. The molecule has 1 amide bonds. The van der Waals surface area contributed by atoms with Gasteiger partial charge in [-0.1, -0.05) is 38.1 Å². The predicted molar refractivity (Wildman–Crippen MR) is 132 cm³/mol. The minimum Gasteiger partial charge on any atom is -0.481 e. The lowest BCUT2D eigenvalue weighted by Crippen LogP contribution is -2.36. The summed E-state index contributed by atoms with van der Waals surface area (Å²) in [6.45, 7) is 4.57. The van der Waals surface area contributed by atoms with E-state index in [0.717, 1.165) is 5.56 Å². The Morgan fingerprint density at radius 3 is 2.67 bits per heavy atom. The van der Waals surface area contributed by atoms with Crippen molar-refractivity contribution in [1.82, 2.24) is 4.98 Å².